The smallest absolute Gasteiger partial charge is 0.225 e. The maximum atomic E-state index is 13.1. The van der Waals surface area contributed by atoms with Crippen LogP contribution in [0.5, 0.6) is 0 Å². The van der Waals surface area contributed by atoms with Crippen LogP contribution in [0.2, 0.25) is 15.1 Å². The zero-order chi connectivity index (χ0) is 12.6. The molecule has 0 atom stereocenters. The van der Waals surface area contributed by atoms with Gasteiger partial charge in [0, 0.05) is 17.3 Å². The van der Waals surface area contributed by atoms with E-state index in [-0.39, 0.29) is 20.6 Å². The summed E-state index contributed by atoms with van der Waals surface area (Å²) in [6.07, 6.45) is 1.14. The van der Waals surface area contributed by atoms with Crippen LogP contribution in [-0.4, -0.2) is 4.98 Å². The maximum absolute atomic E-state index is 13.1. The molecule has 0 spiro atoms. The Morgan fingerprint density at radius 1 is 1.00 bits per heavy atom. The molecule has 0 fully saturated rings. The van der Waals surface area contributed by atoms with E-state index in [1.165, 1.54) is 12.1 Å². The number of hydrogen-bond donors (Lipinski definition) is 0. The fraction of sp³-hybridized carbons (Fsp3) is 0. The molecule has 1 aromatic carbocycles. The quantitative estimate of drug-likeness (QED) is 0.533. The lowest BCUT2D eigenvalue weighted by molar-refractivity contribution is 0.480. The number of pyridine rings is 1. The first-order chi connectivity index (χ1) is 8.00. The van der Waals surface area contributed by atoms with Crippen molar-refractivity contribution in [1.29, 1.82) is 0 Å². The van der Waals surface area contributed by atoms with Crippen LogP contribution in [0.25, 0.3) is 11.1 Å². The van der Waals surface area contributed by atoms with Gasteiger partial charge in [-0.05, 0) is 18.2 Å². The van der Waals surface area contributed by atoms with Crippen molar-refractivity contribution in [2.75, 3.05) is 0 Å². The van der Waals surface area contributed by atoms with E-state index in [9.17, 15) is 8.78 Å². The zero-order valence-electron chi connectivity index (χ0n) is 8.15. The SMILES string of the molecule is Fc1cc(-c2c(Cl)ccc(Cl)c2Cl)cnc1F. The third kappa shape index (κ3) is 2.37. The summed E-state index contributed by atoms with van der Waals surface area (Å²) in [5, 5.41) is 0.731. The number of rotatable bonds is 1. The Morgan fingerprint density at radius 3 is 2.29 bits per heavy atom. The third-order valence-electron chi connectivity index (χ3n) is 2.13. The highest BCUT2D eigenvalue weighted by Crippen LogP contribution is 2.38. The van der Waals surface area contributed by atoms with Gasteiger partial charge in [0.2, 0.25) is 5.95 Å². The Hall–Kier alpha value is -0.900. The first kappa shape index (κ1) is 12.6. The van der Waals surface area contributed by atoms with E-state index >= 15 is 0 Å². The summed E-state index contributed by atoms with van der Waals surface area (Å²) in [6, 6.07) is 4.00. The molecule has 1 heterocycles. The van der Waals surface area contributed by atoms with Crippen LogP contribution in [0.1, 0.15) is 0 Å². The molecule has 0 saturated heterocycles. The van der Waals surface area contributed by atoms with Crippen molar-refractivity contribution in [3.05, 3.63) is 51.2 Å². The van der Waals surface area contributed by atoms with Gasteiger partial charge < -0.3 is 0 Å². The van der Waals surface area contributed by atoms with Crippen LogP contribution < -0.4 is 0 Å². The molecule has 0 N–H and O–H groups in total. The fourth-order valence-corrected chi connectivity index (χ4v) is 2.10. The summed E-state index contributed by atoms with van der Waals surface area (Å²) in [6.45, 7) is 0. The number of hydrogen-bond acceptors (Lipinski definition) is 1. The van der Waals surface area contributed by atoms with Gasteiger partial charge in [-0.15, -0.1) is 0 Å². The first-order valence-corrected chi connectivity index (χ1v) is 5.59. The molecule has 1 nitrogen and oxygen atoms in total. The van der Waals surface area contributed by atoms with Gasteiger partial charge in [-0.1, -0.05) is 34.8 Å². The molecule has 1 aromatic heterocycles. The average molecular weight is 295 g/mol. The first-order valence-electron chi connectivity index (χ1n) is 4.45. The second-order valence-corrected chi connectivity index (χ2v) is 4.41. The van der Waals surface area contributed by atoms with Crippen molar-refractivity contribution >= 4 is 34.8 Å². The Bertz CT molecular complexity index is 587. The lowest BCUT2D eigenvalue weighted by Crippen LogP contribution is -1.91. The number of nitrogens with zero attached hydrogens (tertiary/aromatic N) is 1. The van der Waals surface area contributed by atoms with E-state index in [4.69, 9.17) is 34.8 Å². The van der Waals surface area contributed by atoms with Gasteiger partial charge in [-0.25, -0.2) is 9.37 Å². The number of halogens is 5. The van der Waals surface area contributed by atoms with Crippen molar-refractivity contribution in [2.24, 2.45) is 0 Å². The van der Waals surface area contributed by atoms with Gasteiger partial charge in [0.25, 0.3) is 0 Å². The molecule has 0 aliphatic heterocycles. The molecule has 0 unspecified atom stereocenters. The van der Waals surface area contributed by atoms with Crippen LogP contribution in [0.15, 0.2) is 24.4 Å². The second-order valence-electron chi connectivity index (χ2n) is 3.21. The lowest BCUT2D eigenvalue weighted by atomic mass is 10.1. The Morgan fingerprint density at radius 2 is 1.65 bits per heavy atom. The largest absolute Gasteiger partial charge is 0.248 e. The minimum atomic E-state index is -1.18. The third-order valence-corrected chi connectivity index (χ3v) is 3.25. The van der Waals surface area contributed by atoms with E-state index in [2.05, 4.69) is 4.98 Å². The van der Waals surface area contributed by atoms with Crippen molar-refractivity contribution in [3.8, 4) is 11.1 Å². The van der Waals surface area contributed by atoms with Crippen LogP contribution in [-0.2, 0) is 0 Å². The van der Waals surface area contributed by atoms with Gasteiger partial charge >= 0.3 is 0 Å². The molecule has 88 valence electrons. The Labute approximate surface area is 111 Å². The van der Waals surface area contributed by atoms with Crippen LogP contribution in [0, 0.1) is 11.8 Å². The molecule has 2 aromatic rings. The van der Waals surface area contributed by atoms with Crippen LogP contribution in [0.4, 0.5) is 8.78 Å². The highest BCUT2D eigenvalue weighted by molar-refractivity contribution is 6.46. The molecular weight excluding hydrogens is 290 g/mol. The summed E-state index contributed by atoms with van der Waals surface area (Å²) in [4.78, 5) is 3.26. The zero-order valence-corrected chi connectivity index (χ0v) is 10.4. The molecule has 0 radical (unpaired) electrons. The molecule has 0 aliphatic carbocycles. The van der Waals surface area contributed by atoms with Crippen LogP contribution >= 0.6 is 34.8 Å². The van der Waals surface area contributed by atoms with E-state index < -0.39 is 11.8 Å². The predicted octanol–water partition coefficient (Wildman–Crippen LogP) is 4.99. The predicted molar refractivity (Wildman–Crippen MR) is 64.6 cm³/mol. The molecule has 2 rings (SSSR count). The van der Waals surface area contributed by atoms with Crippen LogP contribution in [0.3, 0.4) is 0 Å². The summed E-state index contributed by atoms with van der Waals surface area (Å²) < 4.78 is 25.8. The van der Waals surface area contributed by atoms with E-state index in [0.717, 1.165) is 12.3 Å². The number of aromatic nitrogens is 1. The molecule has 0 bridgehead atoms. The summed E-state index contributed by atoms with van der Waals surface area (Å²) >= 11 is 17.7. The molecule has 0 aliphatic rings. The van der Waals surface area contributed by atoms with Gasteiger partial charge in [0.15, 0.2) is 5.82 Å². The van der Waals surface area contributed by atoms with Crippen molar-refractivity contribution in [1.82, 2.24) is 4.98 Å². The standard InChI is InChI=1S/C11H4Cl3F2N/c12-6-1-2-7(13)10(14)9(6)5-3-8(15)11(16)17-4-5/h1-4H. The summed E-state index contributed by atoms with van der Waals surface area (Å²) in [5.74, 6) is -2.25. The van der Waals surface area contributed by atoms with Gasteiger partial charge in [-0.3, -0.25) is 0 Å². The second kappa shape index (κ2) is 4.77. The van der Waals surface area contributed by atoms with E-state index in [1.54, 1.807) is 0 Å². The molecule has 0 amide bonds. The molecular formula is C11H4Cl3F2N. The number of benzene rings is 1. The fourth-order valence-electron chi connectivity index (χ4n) is 1.35. The Kier molecular flexibility index (Phi) is 3.52. The minimum Gasteiger partial charge on any atom is -0.225 e. The van der Waals surface area contributed by atoms with E-state index in [0.29, 0.717) is 5.56 Å². The molecule has 17 heavy (non-hydrogen) atoms. The average Bonchev–Trinajstić information content (AvgIpc) is 2.29. The van der Waals surface area contributed by atoms with Crippen molar-refractivity contribution in [3.63, 3.8) is 0 Å². The molecule has 0 saturated carbocycles. The van der Waals surface area contributed by atoms with Gasteiger partial charge in [-0.2, -0.15) is 4.39 Å². The maximum Gasteiger partial charge on any atom is 0.248 e. The lowest BCUT2D eigenvalue weighted by Gasteiger charge is -2.08. The van der Waals surface area contributed by atoms with Crippen molar-refractivity contribution in [2.45, 2.75) is 0 Å². The normalized spacial score (nSPS) is 10.6. The highest BCUT2D eigenvalue weighted by atomic mass is 35.5. The van der Waals surface area contributed by atoms with Gasteiger partial charge in [0.05, 0.1) is 15.1 Å². The summed E-state index contributed by atoms with van der Waals surface area (Å²) in [5.41, 5.74) is 0.591. The topological polar surface area (TPSA) is 12.9 Å². The monoisotopic (exact) mass is 293 g/mol. The van der Waals surface area contributed by atoms with Gasteiger partial charge in [0.1, 0.15) is 0 Å². The van der Waals surface area contributed by atoms with Crippen molar-refractivity contribution < 1.29 is 8.78 Å². The van der Waals surface area contributed by atoms with E-state index in [1.807, 2.05) is 0 Å². The minimum absolute atomic E-state index is 0.173. The Balaban J connectivity index is 2.68. The summed E-state index contributed by atoms with van der Waals surface area (Å²) in [7, 11) is 0. The molecule has 6 heteroatoms. The highest BCUT2D eigenvalue weighted by Gasteiger charge is 2.14.